The van der Waals surface area contributed by atoms with E-state index in [-0.39, 0.29) is 11.9 Å². The number of ether oxygens (including phenoxy) is 2. The number of amides is 1. The first-order chi connectivity index (χ1) is 15.0. The van der Waals surface area contributed by atoms with Gasteiger partial charge in [-0.2, -0.15) is 0 Å². The third kappa shape index (κ3) is 4.68. The lowest BCUT2D eigenvalue weighted by Gasteiger charge is -2.39. The monoisotopic (exact) mass is 420 g/mol. The molecule has 0 aliphatic carbocycles. The molecule has 1 aromatic carbocycles. The van der Waals surface area contributed by atoms with Crippen LogP contribution in [0.15, 0.2) is 59.8 Å². The van der Waals surface area contributed by atoms with Crippen LogP contribution in [0.2, 0.25) is 0 Å². The second-order valence-corrected chi connectivity index (χ2v) is 8.61. The summed E-state index contributed by atoms with van der Waals surface area (Å²) in [6.45, 7) is 9.75. The maximum Gasteiger partial charge on any atom is 0.251 e. The number of hydrogen-bond acceptors (Lipinski definition) is 4. The summed E-state index contributed by atoms with van der Waals surface area (Å²) in [5, 5.41) is 0. The van der Waals surface area contributed by atoms with Crippen LogP contribution in [0, 0.1) is 6.92 Å². The number of aryl methyl sites for hydroxylation is 1. The maximum atomic E-state index is 13.1. The van der Waals surface area contributed by atoms with Crippen LogP contribution in [0.4, 0.5) is 0 Å². The first kappa shape index (κ1) is 21.6. The highest BCUT2D eigenvalue weighted by Gasteiger charge is 2.28. The van der Waals surface area contributed by atoms with E-state index in [1.54, 1.807) is 13.2 Å². The molecule has 1 amide bonds. The number of nitrogens with zero attached hydrogens (tertiary/aromatic N) is 2. The van der Waals surface area contributed by atoms with Gasteiger partial charge in [-0.05, 0) is 67.2 Å². The van der Waals surface area contributed by atoms with E-state index >= 15 is 0 Å². The summed E-state index contributed by atoms with van der Waals surface area (Å²) in [4.78, 5) is 17.4. The van der Waals surface area contributed by atoms with Gasteiger partial charge in [0.2, 0.25) is 0 Å². The van der Waals surface area contributed by atoms with Crippen LogP contribution in [0.1, 0.15) is 31.4 Å². The van der Waals surface area contributed by atoms with Crippen molar-refractivity contribution in [1.82, 2.24) is 9.80 Å². The van der Waals surface area contributed by atoms with Gasteiger partial charge < -0.3 is 14.4 Å². The van der Waals surface area contributed by atoms with Gasteiger partial charge in [0.1, 0.15) is 5.75 Å². The lowest BCUT2D eigenvalue weighted by molar-refractivity contribution is -0.124. The molecular formula is C26H32N2O3. The van der Waals surface area contributed by atoms with Crippen LogP contribution in [-0.4, -0.2) is 61.2 Å². The Hall–Kier alpha value is -2.63. The van der Waals surface area contributed by atoms with E-state index in [4.69, 9.17) is 9.47 Å². The fourth-order valence-corrected chi connectivity index (χ4v) is 4.28. The van der Waals surface area contributed by atoms with Gasteiger partial charge in [-0.1, -0.05) is 24.3 Å². The van der Waals surface area contributed by atoms with Crippen molar-refractivity contribution in [3.63, 3.8) is 0 Å². The maximum absolute atomic E-state index is 13.1. The topological polar surface area (TPSA) is 42.0 Å². The molecule has 0 N–H and O–H groups in total. The molecule has 1 aromatic rings. The Labute approximate surface area is 185 Å². The molecule has 1 saturated heterocycles. The zero-order valence-corrected chi connectivity index (χ0v) is 18.9. The molecule has 0 bridgehead atoms. The van der Waals surface area contributed by atoms with Crippen molar-refractivity contribution in [2.75, 3.05) is 33.4 Å². The summed E-state index contributed by atoms with van der Waals surface area (Å²) in [5.74, 6) is 0.861. The quantitative estimate of drug-likeness (QED) is 0.673. The zero-order valence-electron chi connectivity index (χ0n) is 18.9. The third-order valence-electron chi connectivity index (χ3n) is 6.46. The minimum Gasteiger partial charge on any atom is -0.496 e. The number of carbonyl (C=O) groups excluding carboxylic acids is 1. The van der Waals surface area contributed by atoms with Crippen LogP contribution in [0.25, 0.3) is 5.57 Å². The minimum atomic E-state index is 0.00461. The molecule has 0 saturated carbocycles. The van der Waals surface area contributed by atoms with Gasteiger partial charge >= 0.3 is 0 Å². The Bertz CT molecular complexity index is 969. The number of hydrogen-bond donors (Lipinski definition) is 0. The predicted octanol–water partition coefficient (Wildman–Crippen LogP) is 4.11. The van der Waals surface area contributed by atoms with Gasteiger partial charge in [-0.3, -0.25) is 9.69 Å². The first-order valence-electron chi connectivity index (χ1n) is 11.0. The van der Waals surface area contributed by atoms with Crippen LogP contribution < -0.4 is 4.74 Å². The van der Waals surface area contributed by atoms with Gasteiger partial charge in [-0.15, -0.1) is 0 Å². The molecule has 5 nitrogen and oxygen atoms in total. The molecule has 5 heteroatoms. The number of allylic oxidation sites excluding steroid dienone is 3. The molecule has 4 rings (SSSR count). The number of carbonyl (C=O) groups is 1. The molecule has 164 valence electrons. The second-order valence-electron chi connectivity index (χ2n) is 8.61. The van der Waals surface area contributed by atoms with Crippen LogP contribution >= 0.6 is 0 Å². The molecule has 31 heavy (non-hydrogen) atoms. The highest BCUT2D eigenvalue weighted by atomic mass is 16.5. The smallest absolute Gasteiger partial charge is 0.251 e. The van der Waals surface area contributed by atoms with Gasteiger partial charge in [0.25, 0.3) is 5.91 Å². The van der Waals surface area contributed by atoms with Gasteiger partial charge in [0.15, 0.2) is 0 Å². The molecule has 3 aliphatic heterocycles. The van der Waals surface area contributed by atoms with Crippen molar-refractivity contribution < 1.29 is 14.3 Å². The summed E-state index contributed by atoms with van der Waals surface area (Å²) in [6.07, 6.45) is 11.3. The summed E-state index contributed by atoms with van der Waals surface area (Å²) >= 11 is 0. The van der Waals surface area contributed by atoms with E-state index in [9.17, 15) is 4.79 Å². The van der Waals surface area contributed by atoms with Crippen molar-refractivity contribution in [3.05, 3.63) is 71.0 Å². The fourth-order valence-electron chi connectivity index (χ4n) is 4.28. The zero-order chi connectivity index (χ0) is 22.0. The predicted molar refractivity (Wildman–Crippen MR) is 124 cm³/mol. The van der Waals surface area contributed by atoms with E-state index in [1.807, 2.05) is 37.1 Å². The van der Waals surface area contributed by atoms with E-state index < -0.39 is 0 Å². The highest BCUT2D eigenvalue weighted by molar-refractivity contribution is 5.96. The molecule has 1 fully saturated rings. The van der Waals surface area contributed by atoms with E-state index in [0.29, 0.717) is 6.04 Å². The Balaban J connectivity index is 1.48. The van der Waals surface area contributed by atoms with Crippen molar-refractivity contribution in [3.8, 4) is 5.75 Å². The number of methoxy groups -OCH3 is 1. The summed E-state index contributed by atoms with van der Waals surface area (Å²) in [7, 11) is 1.67. The van der Waals surface area contributed by atoms with Crippen molar-refractivity contribution in [1.29, 1.82) is 0 Å². The molecule has 0 radical (unpaired) electrons. The van der Waals surface area contributed by atoms with Crippen molar-refractivity contribution in [2.45, 2.75) is 39.3 Å². The minimum absolute atomic E-state index is 0.00461. The molecule has 3 heterocycles. The largest absolute Gasteiger partial charge is 0.496 e. The average molecular weight is 421 g/mol. The number of rotatable bonds is 5. The summed E-state index contributed by atoms with van der Waals surface area (Å²) < 4.78 is 10.7. The van der Waals surface area contributed by atoms with Crippen molar-refractivity contribution in [2.24, 2.45) is 0 Å². The van der Waals surface area contributed by atoms with E-state index in [1.165, 1.54) is 5.57 Å². The lowest BCUT2D eigenvalue weighted by atomic mass is 9.96. The summed E-state index contributed by atoms with van der Waals surface area (Å²) in [6, 6.07) is 6.61. The standard InChI is InChI=1S/C26H32N2O3/c1-18(22-7-8-25(30-4)19(2)13-22)14-26(29)28-15-23(6-5-20(28)3)21-9-11-27(12-10-21)24-16-31-17-24/h5-9,13-15,20,24H,10-12,16-17H2,1-4H3/b18-14+. The number of benzene rings is 1. The average Bonchev–Trinajstić information content (AvgIpc) is 2.73. The van der Waals surface area contributed by atoms with Gasteiger partial charge in [0.05, 0.1) is 32.4 Å². The molecular weight excluding hydrogens is 388 g/mol. The first-order valence-corrected chi connectivity index (χ1v) is 11.0. The second kappa shape index (κ2) is 9.25. The van der Waals surface area contributed by atoms with Crippen LogP contribution in [0.3, 0.4) is 0 Å². The normalized spacial score (nSPS) is 22.6. The third-order valence-corrected chi connectivity index (χ3v) is 6.46. The molecule has 3 aliphatic rings. The van der Waals surface area contributed by atoms with Crippen molar-refractivity contribution >= 4 is 11.5 Å². The molecule has 0 aromatic heterocycles. The highest BCUT2D eigenvalue weighted by Crippen LogP contribution is 2.28. The van der Waals surface area contributed by atoms with Crippen LogP contribution in [0.5, 0.6) is 5.75 Å². The Kier molecular flexibility index (Phi) is 6.44. The Morgan fingerprint density at radius 2 is 2.10 bits per heavy atom. The van der Waals surface area contributed by atoms with Crippen LogP contribution in [-0.2, 0) is 9.53 Å². The Morgan fingerprint density at radius 1 is 1.29 bits per heavy atom. The van der Waals surface area contributed by atoms with Gasteiger partial charge in [0, 0.05) is 25.4 Å². The molecule has 1 unspecified atom stereocenters. The fraction of sp³-hybridized carbons (Fsp3) is 0.423. The lowest BCUT2D eigenvalue weighted by Crippen LogP contribution is -2.50. The van der Waals surface area contributed by atoms with E-state index in [2.05, 4.69) is 36.1 Å². The summed E-state index contributed by atoms with van der Waals surface area (Å²) in [5.41, 5.74) is 5.50. The SMILES string of the molecule is COc1ccc(/C(C)=C/C(=O)N2C=C(C3=CCN(C4COC4)CC3)C=CC2C)cc1C. The molecule has 1 atom stereocenters. The molecule has 0 spiro atoms. The Morgan fingerprint density at radius 3 is 2.71 bits per heavy atom. The van der Waals surface area contributed by atoms with Gasteiger partial charge in [-0.25, -0.2) is 0 Å². The van der Waals surface area contributed by atoms with E-state index in [0.717, 1.165) is 60.7 Å².